The Bertz CT molecular complexity index is 633. The summed E-state index contributed by atoms with van der Waals surface area (Å²) < 4.78 is 12.9. The Hall–Kier alpha value is -0.710. The van der Waals surface area contributed by atoms with Gasteiger partial charge in [0.2, 0.25) is 11.8 Å². The maximum absolute atomic E-state index is 12.7. The number of hydrogen-bond donors (Lipinski definition) is 3. The first-order chi connectivity index (χ1) is 17.3. The smallest absolute Gasteiger partial charge is 0.242 e. The fraction of sp³-hybridized carbons (Fsp3) is 0.857. The number of hydrogen-bond acceptors (Lipinski definition) is 5. The molecule has 1 saturated heterocycles. The van der Waals surface area contributed by atoms with E-state index in [2.05, 4.69) is 53.7 Å². The fourth-order valence-electron chi connectivity index (χ4n) is 4.50. The Morgan fingerprint density at radius 3 is 2.56 bits per heavy atom. The first-order valence-corrected chi connectivity index (χ1v) is 15.5. The third-order valence-electron chi connectivity index (χ3n) is 6.76. The second-order valence-electron chi connectivity index (χ2n) is 10.4. The third kappa shape index (κ3) is 14.3. The lowest BCUT2D eigenvalue weighted by molar-refractivity contribution is -0.238. The van der Waals surface area contributed by atoms with Crippen molar-refractivity contribution < 1.29 is 24.2 Å². The van der Waals surface area contributed by atoms with Crippen molar-refractivity contribution in [2.24, 2.45) is 11.8 Å². The Labute approximate surface area is 233 Å². The van der Waals surface area contributed by atoms with Crippen LogP contribution in [0.4, 0.5) is 0 Å². The molecule has 0 aromatic rings. The number of nitrogens with one attached hydrogen (secondary N) is 2. The fourth-order valence-corrected chi connectivity index (χ4v) is 5.43. The topological polar surface area (TPSA) is 96.9 Å². The molecule has 1 aliphatic rings. The highest BCUT2D eigenvalue weighted by Crippen LogP contribution is 2.31. The molecule has 1 fully saturated rings. The molecule has 0 aromatic carbocycles. The van der Waals surface area contributed by atoms with E-state index in [9.17, 15) is 14.7 Å². The molecule has 36 heavy (non-hydrogen) atoms. The Morgan fingerprint density at radius 2 is 1.89 bits per heavy atom. The lowest BCUT2D eigenvalue weighted by Crippen LogP contribution is -2.47. The van der Waals surface area contributed by atoms with Crippen molar-refractivity contribution in [3.63, 3.8) is 0 Å². The summed E-state index contributed by atoms with van der Waals surface area (Å²) in [6.45, 7) is 11.4. The molecule has 3 N–H and O–H groups in total. The molecule has 1 aliphatic heterocycles. The molecule has 0 radical (unpaired) electrons. The number of unbranched alkanes of at least 4 members (excludes halogenated alkanes) is 5. The number of alkyl halides is 1. The molecule has 0 bridgehead atoms. The van der Waals surface area contributed by atoms with Gasteiger partial charge in [0.1, 0.15) is 6.04 Å². The molecule has 7 nitrogen and oxygen atoms in total. The van der Waals surface area contributed by atoms with Gasteiger partial charge in [0.25, 0.3) is 0 Å². The van der Waals surface area contributed by atoms with Crippen molar-refractivity contribution in [2.45, 2.75) is 116 Å². The highest BCUT2D eigenvalue weighted by atomic mass is 127. The predicted molar refractivity (Wildman–Crippen MR) is 154 cm³/mol. The predicted octanol–water partition coefficient (Wildman–Crippen LogP) is 5.29. The van der Waals surface area contributed by atoms with Gasteiger partial charge in [-0.25, -0.2) is 0 Å². The largest absolute Gasteiger partial charge is 0.394 e. The Kier molecular flexibility index (Phi) is 18.8. The lowest BCUT2D eigenvalue weighted by atomic mass is 9.89. The van der Waals surface area contributed by atoms with E-state index in [1.54, 1.807) is 0 Å². The maximum Gasteiger partial charge on any atom is 0.242 e. The minimum absolute atomic E-state index is 0.0163. The normalized spacial score (nSPS) is 22.7. The summed E-state index contributed by atoms with van der Waals surface area (Å²) in [5.74, 6) is 0.484. The summed E-state index contributed by atoms with van der Waals surface area (Å²) in [5.41, 5.74) is 1.20. The van der Waals surface area contributed by atoms with Crippen molar-refractivity contribution in [3.8, 4) is 0 Å². The van der Waals surface area contributed by atoms with Crippen molar-refractivity contribution in [1.29, 1.82) is 0 Å². The molecular formula is C28H51IN2O5. The summed E-state index contributed by atoms with van der Waals surface area (Å²) >= 11 is 2.34. The summed E-state index contributed by atoms with van der Waals surface area (Å²) in [6.07, 6.45) is 10.2. The summed E-state index contributed by atoms with van der Waals surface area (Å²) in [6, 6.07) is -0.464. The van der Waals surface area contributed by atoms with Crippen molar-refractivity contribution >= 4 is 34.4 Å². The molecule has 2 amide bonds. The van der Waals surface area contributed by atoms with Crippen LogP contribution in [0.15, 0.2) is 12.2 Å². The minimum atomic E-state index is -0.464. The molecule has 0 saturated carbocycles. The first kappa shape index (κ1) is 33.3. The molecule has 1 rings (SSSR count). The number of carbonyl (C=O) groups is 2. The van der Waals surface area contributed by atoms with E-state index >= 15 is 0 Å². The maximum atomic E-state index is 12.7. The van der Waals surface area contributed by atoms with E-state index in [0.717, 1.165) is 62.2 Å². The molecule has 5 unspecified atom stereocenters. The van der Waals surface area contributed by atoms with Crippen molar-refractivity contribution in [2.75, 3.05) is 24.2 Å². The number of halogens is 1. The van der Waals surface area contributed by atoms with Gasteiger partial charge < -0.3 is 25.2 Å². The highest BCUT2D eigenvalue weighted by Gasteiger charge is 2.35. The van der Waals surface area contributed by atoms with E-state index in [1.807, 2.05) is 6.92 Å². The molecule has 0 spiro atoms. The van der Waals surface area contributed by atoms with Crippen LogP contribution in [0.2, 0.25) is 0 Å². The summed E-state index contributed by atoms with van der Waals surface area (Å²) in [4.78, 5) is 25.2. The molecule has 210 valence electrons. The number of amides is 2. The van der Waals surface area contributed by atoms with E-state index in [0.29, 0.717) is 38.3 Å². The highest BCUT2D eigenvalue weighted by molar-refractivity contribution is 14.1. The van der Waals surface area contributed by atoms with E-state index < -0.39 is 6.04 Å². The number of aliphatic hydroxyl groups is 1. The van der Waals surface area contributed by atoms with E-state index in [4.69, 9.17) is 9.47 Å². The zero-order valence-electron chi connectivity index (χ0n) is 22.9. The number of allylic oxidation sites excluding steroid dienone is 1. The number of carbonyl (C=O) groups excluding carboxylic acids is 2. The van der Waals surface area contributed by atoms with E-state index in [1.165, 1.54) is 5.57 Å². The van der Waals surface area contributed by atoms with Crippen LogP contribution >= 0.6 is 22.6 Å². The average molecular weight is 623 g/mol. The van der Waals surface area contributed by atoms with Crippen LogP contribution in [0.25, 0.3) is 0 Å². The van der Waals surface area contributed by atoms with Crippen LogP contribution < -0.4 is 10.6 Å². The SMILES string of the molecule is C=C(C)CCCCCNC(=O)C(CCCCC)NC(=O)CCCCOC1OC(CO)C(CI)CC1C. The van der Waals surface area contributed by atoms with Gasteiger partial charge in [0.15, 0.2) is 6.29 Å². The van der Waals surface area contributed by atoms with E-state index in [-0.39, 0.29) is 36.7 Å². The van der Waals surface area contributed by atoms with Crippen LogP contribution in [0.5, 0.6) is 0 Å². The second-order valence-corrected chi connectivity index (χ2v) is 11.2. The summed E-state index contributed by atoms with van der Waals surface area (Å²) in [7, 11) is 0. The number of rotatable bonds is 20. The Balaban J connectivity index is 2.32. The molecule has 8 heteroatoms. The van der Waals surface area contributed by atoms with Crippen LogP contribution in [0.3, 0.4) is 0 Å². The molecule has 0 aromatic heterocycles. The van der Waals surface area contributed by atoms with Crippen LogP contribution in [-0.4, -0.2) is 59.5 Å². The van der Waals surface area contributed by atoms with Gasteiger partial charge in [-0.3, -0.25) is 9.59 Å². The van der Waals surface area contributed by atoms with Gasteiger partial charge >= 0.3 is 0 Å². The van der Waals surface area contributed by atoms with Crippen molar-refractivity contribution in [3.05, 3.63) is 12.2 Å². The molecule has 5 atom stereocenters. The quantitative estimate of drug-likeness (QED) is 0.0743. The first-order valence-electron chi connectivity index (χ1n) is 14.0. The average Bonchev–Trinajstić information content (AvgIpc) is 2.85. The standard InChI is InChI=1S/C28H51IN2O5/c1-5-6-8-14-24(27(34)30-16-11-7-9-13-21(2)3)31-26(33)15-10-12-17-35-28-22(4)18-23(19-29)25(20-32)36-28/h22-25,28,32H,2,5-20H2,1,3-4H3,(H,30,34)(H,31,33). The van der Waals surface area contributed by atoms with Gasteiger partial charge in [-0.05, 0) is 57.8 Å². The monoisotopic (exact) mass is 622 g/mol. The number of aliphatic hydroxyl groups excluding tert-OH is 1. The number of ether oxygens (including phenoxy) is 2. The molecular weight excluding hydrogens is 571 g/mol. The zero-order chi connectivity index (χ0) is 26.8. The van der Waals surface area contributed by atoms with Gasteiger partial charge in [0.05, 0.1) is 12.7 Å². The van der Waals surface area contributed by atoms with Gasteiger partial charge in [0, 0.05) is 29.9 Å². The third-order valence-corrected chi connectivity index (χ3v) is 7.89. The van der Waals surface area contributed by atoms with Crippen LogP contribution in [0.1, 0.15) is 97.8 Å². The van der Waals surface area contributed by atoms with Crippen LogP contribution in [-0.2, 0) is 19.1 Å². The Morgan fingerprint density at radius 1 is 1.14 bits per heavy atom. The van der Waals surface area contributed by atoms with Gasteiger partial charge in [-0.2, -0.15) is 0 Å². The van der Waals surface area contributed by atoms with Gasteiger partial charge in [-0.1, -0.05) is 67.7 Å². The van der Waals surface area contributed by atoms with Crippen LogP contribution in [0, 0.1) is 11.8 Å². The zero-order valence-corrected chi connectivity index (χ0v) is 25.0. The molecule has 1 heterocycles. The molecule has 0 aliphatic carbocycles. The lowest BCUT2D eigenvalue weighted by Gasteiger charge is -2.38. The van der Waals surface area contributed by atoms with Crippen molar-refractivity contribution in [1.82, 2.24) is 10.6 Å². The van der Waals surface area contributed by atoms with Gasteiger partial charge in [-0.15, -0.1) is 6.58 Å². The summed E-state index contributed by atoms with van der Waals surface area (Å²) in [5, 5.41) is 15.6. The minimum Gasteiger partial charge on any atom is -0.394 e. The second kappa shape index (κ2) is 20.3.